The molecule has 23 heavy (non-hydrogen) atoms. The molecule has 1 aliphatic heterocycles. The first-order valence-electron chi connectivity index (χ1n) is 7.06. The number of para-hydroxylation sites is 1. The minimum Gasteiger partial charge on any atom is -0.512 e. The highest BCUT2D eigenvalue weighted by Crippen LogP contribution is 2.44. The van der Waals surface area contributed by atoms with Crippen LogP contribution in [0.3, 0.4) is 0 Å². The summed E-state index contributed by atoms with van der Waals surface area (Å²) in [5, 5.41) is 23.5. The molecule has 116 valence electrons. The van der Waals surface area contributed by atoms with Gasteiger partial charge in [-0.3, -0.25) is 9.59 Å². The van der Waals surface area contributed by atoms with Gasteiger partial charge in [-0.15, -0.1) is 0 Å². The number of rotatable bonds is 4. The number of fused-ring (bicyclic) bond motifs is 1. The van der Waals surface area contributed by atoms with E-state index in [2.05, 4.69) is 11.9 Å². The monoisotopic (exact) mass is 309 g/mol. The van der Waals surface area contributed by atoms with E-state index in [1.807, 2.05) is 0 Å². The molecule has 0 fully saturated rings. The molecule has 0 aliphatic carbocycles. The number of benzene rings is 2. The van der Waals surface area contributed by atoms with Gasteiger partial charge in [-0.25, -0.2) is 0 Å². The normalized spacial score (nSPS) is 20.5. The van der Waals surface area contributed by atoms with Crippen LogP contribution in [0, 0.1) is 5.92 Å². The van der Waals surface area contributed by atoms with Gasteiger partial charge in [-0.2, -0.15) is 0 Å². The molecule has 3 rings (SSSR count). The van der Waals surface area contributed by atoms with E-state index in [0.29, 0.717) is 5.69 Å². The molecule has 5 nitrogen and oxygen atoms in total. The lowest BCUT2D eigenvalue weighted by Gasteiger charge is -2.29. The van der Waals surface area contributed by atoms with E-state index in [-0.39, 0.29) is 11.1 Å². The number of carbonyl (C=O) groups is 2. The molecule has 1 heterocycles. The van der Waals surface area contributed by atoms with Crippen molar-refractivity contribution in [1.29, 1.82) is 0 Å². The lowest BCUT2D eigenvalue weighted by Crippen LogP contribution is -2.46. The summed E-state index contributed by atoms with van der Waals surface area (Å²) in [7, 11) is 0. The second kappa shape index (κ2) is 5.37. The fourth-order valence-corrected chi connectivity index (χ4v) is 2.90. The molecule has 0 radical (unpaired) electrons. The summed E-state index contributed by atoms with van der Waals surface area (Å²) in [6, 6.07) is 14.7. The van der Waals surface area contributed by atoms with Crippen LogP contribution in [0.2, 0.25) is 0 Å². The van der Waals surface area contributed by atoms with Crippen molar-refractivity contribution in [3.8, 4) is 0 Å². The van der Waals surface area contributed by atoms with Crippen LogP contribution < -0.4 is 5.32 Å². The molecule has 0 spiro atoms. The molecule has 2 atom stereocenters. The highest BCUT2D eigenvalue weighted by Gasteiger charge is 2.55. The maximum atomic E-state index is 12.8. The number of anilines is 1. The zero-order chi connectivity index (χ0) is 16.6. The minimum absolute atomic E-state index is 0.245. The molecule has 3 N–H and O–H groups in total. The maximum absolute atomic E-state index is 12.8. The average Bonchev–Trinajstić information content (AvgIpc) is 2.80. The second-order valence-corrected chi connectivity index (χ2v) is 5.42. The van der Waals surface area contributed by atoms with E-state index in [9.17, 15) is 19.8 Å². The molecule has 2 aromatic rings. The number of ketones is 1. The standard InChI is InChI=1S/C18H15NO4/c1-11(20)15(16(21)12-7-3-2-4-8-12)18(23)13-9-5-6-10-14(13)19-17(18)22/h2-10,15,20,23H,1H2,(H,19,22)/t15-,18-/m1/s1. The van der Waals surface area contributed by atoms with Gasteiger partial charge in [0.1, 0.15) is 5.92 Å². The number of hydrogen-bond donors (Lipinski definition) is 3. The molecular formula is C18H15NO4. The lowest BCUT2D eigenvalue weighted by molar-refractivity contribution is -0.137. The number of carbonyl (C=O) groups excluding carboxylic acids is 2. The number of nitrogens with one attached hydrogen (secondary N) is 1. The van der Waals surface area contributed by atoms with Crippen LogP contribution in [0.15, 0.2) is 66.9 Å². The summed E-state index contributed by atoms with van der Waals surface area (Å²) in [5.41, 5.74) is -1.27. The van der Waals surface area contributed by atoms with E-state index in [1.54, 1.807) is 54.6 Å². The van der Waals surface area contributed by atoms with Gasteiger partial charge < -0.3 is 15.5 Å². The molecular weight excluding hydrogens is 294 g/mol. The van der Waals surface area contributed by atoms with Crippen molar-refractivity contribution >= 4 is 17.4 Å². The van der Waals surface area contributed by atoms with E-state index in [1.165, 1.54) is 0 Å². The Morgan fingerprint density at radius 3 is 2.35 bits per heavy atom. The van der Waals surface area contributed by atoms with Gasteiger partial charge in [0.15, 0.2) is 11.4 Å². The smallest absolute Gasteiger partial charge is 0.262 e. The zero-order valence-corrected chi connectivity index (χ0v) is 12.2. The van der Waals surface area contributed by atoms with Crippen molar-refractivity contribution in [3.05, 3.63) is 78.1 Å². The van der Waals surface area contributed by atoms with Crippen molar-refractivity contribution in [2.75, 3.05) is 5.32 Å². The van der Waals surface area contributed by atoms with Crippen LogP contribution >= 0.6 is 0 Å². The summed E-state index contributed by atoms with van der Waals surface area (Å²) in [4.78, 5) is 25.1. The average molecular weight is 309 g/mol. The molecule has 1 amide bonds. The van der Waals surface area contributed by atoms with Gasteiger partial charge in [0.05, 0.1) is 5.76 Å². The largest absolute Gasteiger partial charge is 0.512 e. The van der Waals surface area contributed by atoms with Gasteiger partial charge in [-0.05, 0) is 6.07 Å². The van der Waals surface area contributed by atoms with E-state index in [4.69, 9.17) is 0 Å². The van der Waals surface area contributed by atoms with Crippen molar-refractivity contribution in [2.45, 2.75) is 5.60 Å². The molecule has 0 aromatic heterocycles. The summed E-state index contributed by atoms with van der Waals surface area (Å²) in [5.74, 6) is -3.39. The Morgan fingerprint density at radius 1 is 1.09 bits per heavy atom. The molecule has 1 aliphatic rings. The summed E-state index contributed by atoms with van der Waals surface area (Å²) in [6.07, 6.45) is 0. The van der Waals surface area contributed by atoms with Crippen LogP contribution in [-0.2, 0) is 10.4 Å². The molecule has 0 saturated carbocycles. The number of aliphatic hydroxyl groups excluding tert-OH is 1. The first kappa shape index (κ1) is 15.0. The second-order valence-electron chi connectivity index (χ2n) is 5.42. The predicted molar refractivity (Wildman–Crippen MR) is 85.0 cm³/mol. The molecule has 0 unspecified atom stereocenters. The van der Waals surface area contributed by atoms with Crippen LogP contribution in [0.4, 0.5) is 5.69 Å². The molecule has 5 heteroatoms. The molecule has 0 bridgehead atoms. The number of aliphatic hydroxyl groups is 2. The third kappa shape index (κ3) is 2.22. The Balaban J connectivity index is 2.14. The Labute approximate surface area is 132 Å². The summed E-state index contributed by atoms with van der Waals surface area (Å²) < 4.78 is 0. The van der Waals surface area contributed by atoms with Crippen LogP contribution in [0.5, 0.6) is 0 Å². The van der Waals surface area contributed by atoms with Gasteiger partial charge in [0.2, 0.25) is 0 Å². The topological polar surface area (TPSA) is 86.6 Å². The first-order valence-corrected chi connectivity index (χ1v) is 7.06. The van der Waals surface area contributed by atoms with Crippen molar-refractivity contribution in [3.63, 3.8) is 0 Å². The third-order valence-electron chi connectivity index (χ3n) is 4.00. The number of amides is 1. The summed E-state index contributed by atoms with van der Waals surface area (Å²) >= 11 is 0. The number of hydrogen-bond acceptors (Lipinski definition) is 4. The molecule has 2 aromatic carbocycles. The van der Waals surface area contributed by atoms with E-state index in [0.717, 1.165) is 0 Å². The Hall–Kier alpha value is -2.92. The van der Waals surface area contributed by atoms with Gasteiger partial charge in [-0.1, -0.05) is 55.1 Å². The van der Waals surface area contributed by atoms with Crippen molar-refractivity contribution < 1.29 is 19.8 Å². The SMILES string of the molecule is C=C(O)[C@H](C(=O)c1ccccc1)[C@@]1(O)C(=O)Nc2ccccc21. The Bertz CT molecular complexity index is 800. The minimum atomic E-state index is -2.20. The van der Waals surface area contributed by atoms with Crippen LogP contribution in [0.1, 0.15) is 15.9 Å². The fourth-order valence-electron chi connectivity index (χ4n) is 2.90. The Kier molecular flexibility index (Phi) is 3.50. The number of Topliss-reactive ketones (excluding diaryl/α,β-unsaturated/α-hetero) is 1. The first-order chi connectivity index (χ1) is 11.0. The Morgan fingerprint density at radius 2 is 1.70 bits per heavy atom. The fraction of sp³-hybridized carbons (Fsp3) is 0.111. The molecule has 0 saturated heterocycles. The van der Waals surface area contributed by atoms with E-state index >= 15 is 0 Å². The van der Waals surface area contributed by atoms with Crippen LogP contribution in [-0.4, -0.2) is 21.9 Å². The van der Waals surface area contributed by atoms with Crippen molar-refractivity contribution in [2.24, 2.45) is 5.92 Å². The van der Waals surface area contributed by atoms with E-state index < -0.39 is 29.0 Å². The zero-order valence-electron chi connectivity index (χ0n) is 12.2. The highest BCUT2D eigenvalue weighted by molar-refractivity contribution is 6.11. The van der Waals surface area contributed by atoms with Gasteiger partial charge in [0, 0.05) is 16.8 Å². The van der Waals surface area contributed by atoms with Crippen molar-refractivity contribution in [1.82, 2.24) is 0 Å². The third-order valence-corrected chi connectivity index (χ3v) is 4.00. The maximum Gasteiger partial charge on any atom is 0.262 e. The predicted octanol–water partition coefficient (Wildman–Crippen LogP) is 2.40. The quantitative estimate of drug-likeness (QED) is 0.598. The lowest BCUT2D eigenvalue weighted by atomic mass is 9.77. The van der Waals surface area contributed by atoms with Crippen LogP contribution in [0.25, 0.3) is 0 Å². The van der Waals surface area contributed by atoms with Gasteiger partial charge in [0.25, 0.3) is 5.91 Å². The van der Waals surface area contributed by atoms with Gasteiger partial charge >= 0.3 is 0 Å². The summed E-state index contributed by atoms with van der Waals surface area (Å²) in [6.45, 7) is 3.39. The highest BCUT2D eigenvalue weighted by atomic mass is 16.3.